The fourth-order valence-electron chi connectivity index (χ4n) is 13.2. The Labute approximate surface area is 514 Å². The van der Waals surface area contributed by atoms with Crippen molar-refractivity contribution in [1.82, 2.24) is 51.7 Å². The molecule has 10 rings (SSSR count). The molecule has 462 valence electrons. The number of pyridine rings is 2. The maximum atomic E-state index is 15.4. The summed E-state index contributed by atoms with van der Waals surface area (Å²) in [5.74, 6) is -2.90. The second-order valence-electron chi connectivity index (χ2n) is 24.3. The molecular weight excluding hydrogens is 1110 g/mol. The van der Waals surface area contributed by atoms with Gasteiger partial charge in [-0.15, -0.1) is 0 Å². The Morgan fingerprint density at radius 2 is 0.841 bits per heavy atom. The van der Waals surface area contributed by atoms with Crippen molar-refractivity contribution in [2.75, 3.05) is 27.2 Å². The maximum absolute atomic E-state index is 15.4. The molecule has 6 amide bonds. The highest BCUT2D eigenvalue weighted by atomic mass is 19.1. The van der Waals surface area contributed by atoms with Crippen LogP contribution in [0.5, 0.6) is 0 Å². The van der Waals surface area contributed by atoms with Crippen LogP contribution < -0.4 is 31.9 Å². The third-order valence-corrected chi connectivity index (χ3v) is 18.6. The summed E-state index contributed by atoms with van der Waals surface area (Å²) in [7, 11) is 3.45. The molecule has 18 heteroatoms. The summed E-state index contributed by atoms with van der Waals surface area (Å²) in [5, 5.41) is 17.9. The molecule has 4 aliphatic rings. The summed E-state index contributed by atoms with van der Waals surface area (Å²) in [6.45, 7) is 4.98. The number of carbonyl (C=O) groups is 6. The molecule has 0 bridgehead atoms. The molecular formula is C70H82F2N10O6. The number of benzene rings is 4. The third kappa shape index (κ3) is 14.8. The lowest BCUT2D eigenvalue weighted by Crippen LogP contribution is -2.55. The Kier molecular flexibility index (Phi) is 20.8. The fourth-order valence-corrected chi connectivity index (χ4v) is 13.2. The van der Waals surface area contributed by atoms with Gasteiger partial charge in [-0.2, -0.15) is 0 Å². The molecule has 6 aromatic rings. The first kappa shape index (κ1) is 62.8. The Morgan fingerprint density at radius 1 is 0.466 bits per heavy atom. The SMILES string of the molecule is CN[C@@H](C)C(=O)N[C@H](C(=O)N1CCC[C@H]1c1cncc(-c2ccc(F)c(C(=O)NCc3ccc(-c4ccc(CNC(=O)c5cc(-c6cncc([C@@H]7CCCN7C(=O)[C@@H](NC(=O)[C@H](C)NC)C7CCCCC7)c6)ccc5F)cc4)cc3)c2)c1)C1CCCCC1. The molecule has 88 heavy (non-hydrogen) atoms. The van der Waals surface area contributed by atoms with Crippen LogP contribution in [0.1, 0.15) is 159 Å². The second-order valence-corrected chi connectivity index (χ2v) is 24.3. The summed E-state index contributed by atoms with van der Waals surface area (Å²) in [4.78, 5) is 95.1. The second kappa shape index (κ2) is 29.2. The van der Waals surface area contributed by atoms with Gasteiger partial charge in [-0.05, 0) is 172 Å². The van der Waals surface area contributed by atoms with Gasteiger partial charge in [0.05, 0.1) is 35.3 Å². The van der Waals surface area contributed by atoms with Crippen molar-refractivity contribution in [1.29, 1.82) is 0 Å². The van der Waals surface area contributed by atoms with E-state index in [1.165, 1.54) is 24.3 Å². The maximum Gasteiger partial charge on any atom is 0.254 e. The van der Waals surface area contributed by atoms with Crippen LogP contribution in [-0.2, 0) is 32.3 Å². The fraction of sp³-hybridized carbons (Fsp3) is 0.429. The van der Waals surface area contributed by atoms with Gasteiger partial charge >= 0.3 is 0 Å². The number of nitrogens with one attached hydrogen (secondary N) is 6. The van der Waals surface area contributed by atoms with Crippen molar-refractivity contribution in [2.24, 2.45) is 11.8 Å². The Bertz CT molecular complexity index is 3240. The van der Waals surface area contributed by atoms with Crippen LogP contribution in [-0.4, -0.2) is 107 Å². The van der Waals surface area contributed by atoms with E-state index in [1.54, 1.807) is 64.9 Å². The first-order valence-electron chi connectivity index (χ1n) is 31.5. The molecule has 2 saturated carbocycles. The number of likely N-dealkylation sites (tertiary alicyclic amines) is 2. The lowest BCUT2D eigenvalue weighted by Gasteiger charge is -2.35. The lowest BCUT2D eigenvalue weighted by atomic mass is 9.83. The van der Waals surface area contributed by atoms with Crippen LogP contribution in [0.4, 0.5) is 8.78 Å². The molecule has 2 saturated heterocycles. The monoisotopic (exact) mass is 1200 g/mol. The Balaban J connectivity index is 0.730. The topological polar surface area (TPSA) is 207 Å². The molecule has 2 aliphatic carbocycles. The van der Waals surface area contributed by atoms with Crippen molar-refractivity contribution in [3.63, 3.8) is 0 Å². The summed E-state index contributed by atoms with van der Waals surface area (Å²) >= 11 is 0. The van der Waals surface area contributed by atoms with Gasteiger partial charge in [0.1, 0.15) is 23.7 Å². The largest absolute Gasteiger partial charge is 0.348 e. The van der Waals surface area contributed by atoms with Crippen molar-refractivity contribution in [2.45, 2.75) is 153 Å². The zero-order valence-corrected chi connectivity index (χ0v) is 50.9. The van der Waals surface area contributed by atoms with E-state index in [4.69, 9.17) is 0 Å². The number of halogens is 2. The van der Waals surface area contributed by atoms with E-state index >= 15 is 8.78 Å². The highest BCUT2D eigenvalue weighted by molar-refractivity contribution is 5.97. The molecule has 4 fully saturated rings. The molecule has 2 aromatic heterocycles. The third-order valence-electron chi connectivity index (χ3n) is 18.6. The number of rotatable bonds is 21. The number of amides is 6. The Hall–Kier alpha value is -8.22. The van der Waals surface area contributed by atoms with Crippen LogP contribution >= 0.6 is 0 Å². The zero-order chi connectivity index (χ0) is 61.8. The van der Waals surface area contributed by atoms with Gasteiger partial charge in [-0.25, -0.2) is 8.78 Å². The predicted molar refractivity (Wildman–Crippen MR) is 335 cm³/mol. The summed E-state index contributed by atoms with van der Waals surface area (Å²) in [5.41, 5.74) is 7.44. The zero-order valence-electron chi connectivity index (χ0n) is 50.9. The average Bonchev–Trinajstić information content (AvgIpc) is 4.11. The number of likely N-dealkylation sites (N-methyl/N-ethyl adjacent to an activating group) is 2. The first-order chi connectivity index (χ1) is 42.7. The Morgan fingerprint density at radius 3 is 1.22 bits per heavy atom. The number of hydrogen-bond acceptors (Lipinski definition) is 10. The standard InChI is InChI=1S/C70H82F2N10O6/c1-43(73-3)65(83)79-63(49-13-7-5-8-14-49)69(87)81-31-11-17-61(81)55-33-53(39-75-41-55)51-27-29-59(71)57(35-51)67(85)77-37-45-19-23-47(24-20-45)48-25-21-46(22-26-48)38-78-68(86)58-36-52(28-30-60(58)72)54-34-56(42-76-40-54)62-18-12-32-82(62)70(88)64(50-15-9-6-10-16-50)80-66(84)44(2)74-4/h19-30,33-36,39-44,49-50,61-64,73-74H,5-18,31-32,37-38H2,1-4H3,(H,77,85)(H,78,86)(H,79,83)(H,80,84)/t43-,44-,61-,62-,63-,64-/m0/s1. The molecule has 4 heterocycles. The quantitative estimate of drug-likeness (QED) is 0.0402. The minimum absolute atomic E-state index is 0.0632. The van der Waals surface area contributed by atoms with Crippen molar-refractivity contribution in [3.05, 3.63) is 167 Å². The van der Waals surface area contributed by atoms with Crippen LogP contribution in [0.25, 0.3) is 33.4 Å². The number of nitrogens with zero attached hydrogens (tertiary/aromatic N) is 4. The minimum atomic E-state index is -0.664. The van der Waals surface area contributed by atoms with E-state index in [2.05, 4.69) is 41.9 Å². The lowest BCUT2D eigenvalue weighted by molar-refractivity contribution is -0.139. The van der Waals surface area contributed by atoms with Gasteiger partial charge < -0.3 is 41.7 Å². The van der Waals surface area contributed by atoms with E-state index < -0.39 is 47.6 Å². The van der Waals surface area contributed by atoms with Crippen molar-refractivity contribution in [3.8, 4) is 33.4 Å². The highest BCUT2D eigenvalue weighted by Gasteiger charge is 2.41. The molecule has 4 aromatic carbocycles. The molecule has 6 atom stereocenters. The summed E-state index contributed by atoms with van der Waals surface area (Å²) in [6.07, 6.45) is 19.8. The van der Waals surface area contributed by atoms with Crippen molar-refractivity contribution < 1.29 is 37.5 Å². The normalized spacial score (nSPS) is 18.7. The van der Waals surface area contributed by atoms with E-state index in [1.807, 2.05) is 70.5 Å². The highest BCUT2D eigenvalue weighted by Crippen LogP contribution is 2.39. The predicted octanol–water partition coefficient (Wildman–Crippen LogP) is 10.3. The van der Waals surface area contributed by atoms with Crippen LogP contribution in [0.2, 0.25) is 0 Å². The molecule has 16 nitrogen and oxygen atoms in total. The van der Waals surface area contributed by atoms with Gasteiger partial charge in [-0.1, -0.05) is 99.2 Å². The molecule has 0 spiro atoms. The number of hydrogen-bond donors (Lipinski definition) is 6. The van der Waals surface area contributed by atoms with Gasteiger partial charge in [0.15, 0.2) is 0 Å². The molecule has 2 aliphatic heterocycles. The van der Waals surface area contributed by atoms with Crippen LogP contribution in [0.15, 0.2) is 122 Å². The molecule has 0 radical (unpaired) electrons. The van der Waals surface area contributed by atoms with E-state index in [0.717, 1.165) is 123 Å². The van der Waals surface area contributed by atoms with E-state index in [-0.39, 0.29) is 71.8 Å². The van der Waals surface area contributed by atoms with Crippen LogP contribution in [0, 0.1) is 23.5 Å². The van der Waals surface area contributed by atoms with Gasteiger partial charge in [0.2, 0.25) is 23.6 Å². The first-order valence-corrected chi connectivity index (χ1v) is 31.5. The van der Waals surface area contributed by atoms with Gasteiger partial charge in [-0.3, -0.25) is 38.7 Å². The molecule has 0 unspecified atom stereocenters. The van der Waals surface area contributed by atoms with Crippen molar-refractivity contribution >= 4 is 35.4 Å². The molecule has 6 N–H and O–H groups in total. The van der Waals surface area contributed by atoms with Gasteiger partial charge in [0, 0.05) is 62.1 Å². The van der Waals surface area contributed by atoms with E-state index in [0.29, 0.717) is 35.3 Å². The average molecular weight is 1200 g/mol. The summed E-state index contributed by atoms with van der Waals surface area (Å²) in [6, 6.07) is 25.4. The van der Waals surface area contributed by atoms with Crippen LogP contribution in [0.3, 0.4) is 0 Å². The smallest absolute Gasteiger partial charge is 0.254 e. The van der Waals surface area contributed by atoms with E-state index in [9.17, 15) is 28.8 Å². The summed E-state index contributed by atoms with van der Waals surface area (Å²) < 4.78 is 30.8. The number of aromatic nitrogens is 2. The van der Waals surface area contributed by atoms with Gasteiger partial charge in [0.25, 0.3) is 11.8 Å². The minimum Gasteiger partial charge on any atom is -0.348 e. The number of carbonyl (C=O) groups excluding carboxylic acids is 6.